The van der Waals surface area contributed by atoms with E-state index >= 15 is 0 Å². The monoisotopic (exact) mass is 566 g/mol. The van der Waals surface area contributed by atoms with Crippen LogP contribution in [-0.4, -0.2) is 13.4 Å². The third-order valence-electron chi connectivity index (χ3n) is 4.59. The van der Waals surface area contributed by atoms with Gasteiger partial charge < -0.3 is 4.74 Å². The van der Waals surface area contributed by atoms with Gasteiger partial charge in [0.05, 0.1) is 36.5 Å². The lowest BCUT2D eigenvalue weighted by molar-refractivity contribution is -0.137. The highest BCUT2D eigenvalue weighted by Crippen LogP contribution is 2.42. The molecule has 0 aliphatic heterocycles. The summed E-state index contributed by atoms with van der Waals surface area (Å²) in [6.45, 7) is 1.91. The number of aryl methyl sites for hydroxylation is 1. The number of anilines is 1. The molecular weight excluding hydrogens is 556 g/mol. The van der Waals surface area contributed by atoms with E-state index in [0.717, 1.165) is 21.8 Å². The molecule has 4 aromatic rings. The van der Waals surface area contributed by atoms with Gasteiger partial charge in [-0.1, -0.05) is 58.3 Å². The lowest BCUT2D eigenvalue weighted by Crippen LogP contribution is -2.14. The molecule has 0 saturated carbocycles. The number of hydrogen-bond acceptors (Lipinski definition) is 5. The molecule has 0 atom stereocenters. The molecule has 0 spiro atoms. The van der Waals surface area contributed by atoms with E-state index in [1.165, 1.54) is 23.5 Å². The van der Waals surface area contributed by atoms with Crippen molar-refractivity contribution in [2.24, 2.45) is 0 Å². The van der Waals surface area contributed by atoms with Gasteiger partial charge in [-0.3, -0.25) is 4.72 Å². The van der Waals surface area contributed by atoms with Crippen LogP contribution in [0.5, 0.6) is 10.9 Å². The molecule has 0 aliphatic rings. The molecule has 4 rings (SSSR count). The number of rotatable bonds is 5. The number of aromatic nitrogens is 1. The molecule has 0 fully saturated rings. The van der Waals surface area contributed by atoms with Gasteiger partial charge in [0.2, 0.25) is 0 Å². The number of halogens is 6. The lowest BCUT2D eigenvalue weighted by atomic mass is 10.2. The Morgan fingerprint density at radius 1 is 1.00 bits per heavy atom. The molecule has 0 bridgehead atoms. The topological polar surface area (TPSA) is 68.3 Å². The number of sulfonamides is 1. The third kappa shape index (κ3) is 5.06. The van der Waals surface area contributed by atoms with E-state index in [9.17, 15) is 21.6 Å². The molecule has 0 aliphatic carbocycles. The maximum atomic E-state index is 12.8. The van der Waals surface area contributed by atoms with Crippen molar-refractivity contribution in [2.45, 2.75) is 18.0 Å². The highest BCUT2D eigenvalue weighted by molar-refractivity contribution is 7.92. The van der Waals surface area contributed by atoms with Gasteiger partial charge in [-0.15, -0.1) is 0 Å². The molecule has 1 N–H and O–H groups in total. The van der Waals surface area contributed by atoms with Crippen LogP contribution in [0.25, 0.3) is 10.2 Å². The first-order valence-corrected chi connectivity index (χ1v) is 12.7. The Balaban J connectivity index is 1.61. The van der Waals surface area contributed by atoms with E-state index in [1.54, 1.807) is 0 Å². The minimum Gasteiger partial charge on any atom is -0.428 e. The number of para-hydroxylation sites is 1. The van der Waals surface area contributed by atoms with Crippen molar-refractivity contribution in [3.05, 3.63) is 74.7 Å². The number of fused-ring (bicyclic) bond motifs is 1. The molecule has 0 unspecified atom stereocenters. The SMILES string of the molecule is Cc1cccc2sc(Oc3c(Cl)cc(NS(=O)(=O)c4ccc(C(F)(F)F)cc4Cl)cc3Cl)nc12. The number of nitrogens with zero attached hydrogens (tertiary/aromatic N) is 1. The average Bonchev–Trinajstić information content (AvgIpc) is 3.14. The van der Waals surface area contributed by atoms with Crippen molar-refractivity contribution < 1.29 is 26.3 Å². The van der Waals surface area contributed by atoms with Crippen LogP contribution in [0.3, 0.4) is 0 Å². The van der Waals surface area contributed by atoms with Crippen LogP contribution in [0.1, 0.15) is 11.1 Å². The first-order valence-electron chi connectivity index (χ1n) is 9.28. The summed E-state index contributed by atoms with van der Waals surface area (Å²) in [6.07, 6.45) is -4.67. The molecule has 0 amide bonds. The summed E-state index contributed by atoms with van der Waals surface area (Å²) in [7, 11) is -4.35. The van der Waals surface area contributed by atoms with Crippen LogP contribution in [0.2, 0.25) is 15.1 Å². The third-order valence-corrected chi connectivity index (χ3v) is 7.91. The molecule has 1 aromatic heterocycles. The predicted octanol–water partition coefficient (Wildman–Crippen LogP) is 8.18. The van der Waals surface area contributed by atoms with Gasteiger partial charge in [0.1, 0.15) is 4.90 Å². The number of hydrogen-bond donors (Lipinski definition) is 1. The second-order valence-electron chi connectivity index (χ2n) is 7.02. The first-order chi connectivity index (χ1) is 15.8. The van der Waals surface area contributed by atoms with Crippen molar-refractivity contribution in [2.75, 3.05) is 4.72 Å². The van der Waals surface area contributed by atoms with Crippen molar-refractivity contribution in [3.63, 3.8) is 0 Å². The molecule has 34 heavy (non-hydrogen) atoms. The highest BCUT2D eigenvalue weighted by atomic mass is 35.5. The fourth-order valence-electron chi connectivity index (χ4n) is 3.02. The van der Waals surface area contributed by atoms with Gasteiger partial charge in [-0.25, -0.2) is 13.4 Å². The predicted molar refractivity (Wildman–Crippen MR) is 128 cm³/mol. The van der Waals surface area contributed by atoms with Crippen molar-refractivity contribution in [1.29, 1.82) is 0 Å². The zero-order valence-electron chi connectivity index (χ0n) is 16.9. The van der Waals surface area contributed by atoms with E-state index in [-0.39, 0.29) is 26.7 Å². The maximum Gasteiger partial charge on any atom is 0.416 e. The van der Waals surface area contributed by atoms with Gasteiger partial charge in [-0.2, -0.15) is 13.2 Å². The molecule has 178 valence electrons. The quantitative estimate of drug-likeness (QED) is 0.264. The summed E-state index contributed by atoms with van der Waals surface area (Å²) in [6, 6.07) is 10.1. The van der Waals surface area contributed by atoms with Gasteiger partial charge in [0, 0.05) is 0 Å². The second-order valence-corrected chi connectivity index (χ2v) is 10.9. The molecular formula is C21H12Cl3F3N2O3S2. The second kappa shape index (κ2) is 9.09. The van der Waals surface area contributed by atoms with E-state index < -0.39 is 31.7 Å². The lowest BCUT2D eigenvalue weighted by Gasteiger charge is -2.14. The molecule has 5 nitrogen and oxygen atoms in total. The van der Waals surface area contributed by atoms with Gasteiger partial charge in [-0.05, 0) is 48.9 Å². The normalized spacial score (nSPS) is 12.2. The number of nitrogens with one attached hydrogen (secondary N) is 1. The summed E-state index contributed by atoms with van der Waals surface area (Å²) < 4.78 is 72.8. The van der Waals surface area contributed by atoms with Crippen LogP contribution in [-0.2, 0) is 16.2 Å². The minimum atomic E-state index is -4.67. The van der Waals surface area contributed by atoms with Crippen molar-refractivity contribution >= 4 is 72.1 Å². The molecule has 0 saturated heterocycles. The maximum absolute atomic E-state index is 12.8. The van der Waals surface area contributed by atoms with Crippen LogP contribution in [0.4, 0.5) is 18.9 Å². The molecule has 1 heterocycles. The van der Waals surface area contributed by atoms with Gasteiger partial charge in [0.15, 0.2) is 5.75 Å². The van der Waals surface area contributed by atoms with Gasteiger partial charge in [0.25, 0.3) is 15.2 Å². The minimum absolute atomic E-state index is 0.0142. The zero-order valence-corrected chi connectivity index (χ0v) is 20.8. The Labute approximate surface area is 211 Å². The van der Waals surface area contributed by atoms with Crippen LogP contribution < -0.4 is 9.46 Å². The van der Waals surface area contributed by atoms with Crippen LogP contribution in [0.15, 0.2) is 53.4 Å². The fraction of sp³-hybridized carbons (Fsp3) is 0.0952. The molecule has 3 aromatic carbocycles. The fourth-order valence-corrected chi connectivity index (χ4v) is 6.07. The first kappa shape index (κ1) is 24.9. The summed E-state index contributed by atoms with van der Waals surface area (Å²) in [5, 5.41) is -0.331. The van der Waals surface area contributed by atoms with Gasteiger partial charge >= 0.3 is 6.18 Å². The number of ether oxygens (including phenoxy) is 1. The Kier molecular flexibility index (Phi) is 6.65. The number of thiazole rings is 1. The van der Waals surface area contributed by atoms with E-state index in [0.29, 0.717) is 12.1 Å². The molecule has 13 heteroatoms. The van der Waals surface area contributed by atoms with E-state index in [4.69, 9.17) is 39.5 Å². The van der Waals surface area contributed by atoms with E-state index in [2.05, 4.69) is 9.71 Å². The standard InChI is InChI=1S/C21H12Cl3F3N2O3S2/c1-10-3-2-4-16-18(10)28-20(33-16)32-19-14(23)8-12(9-15(19)24)29-34(30,31)17-6-5-11(7-13(17)22)21(25,26)27/h2-9,29H,1H3. The molecule has 0 radical (unpaired) electrons. The zero-order chi connectivity index (χ0) is 24.8. The van der Waals surface area contributed by atoms with Crippen LogP contribution in [0, 0.1) is 6.92 Å². The van der Waals surface area contributed by atoms with Crippen LogP contribution >= 0.6 is 46.1 Å². The number of benzene rings is 3. The average molecular weight is 568 g/mol. The summed E-state index contributed by atoms with van der Waals surface area (Å²) in [5.41, 5.74) is 0.618. The van der Waals surface area contributed by atoms with Crippen molar-refractivity contribution in [1.82, 2.24) is 4.98 Å². The Bertz CT molecular complexity index is 1500. The van der Waals surface area contributed by atoms with Crippen molar-refractivity contribution in [3.8, 4) is 10.9 Å². The largest absolute Gasteiger partial charge is 0.428 e. The van der Waals surface area contributed by atoms with E-state index in [1.807, 2.05) is 25.1 Å². The summed E-state index contributed by atoms with van der Waals surface area (Å²) in [5.74, 6) is 0.0653. The Morgan fingerprint density at radius 3 is 2.26 bits per heavy atom. The Morgan fingerprint density at radius 2 is 1.68 bits per heavy atom. The summed E-state index contributed by atoms with van der Waals surface area (Å²) >= 11 is 19.6. The summed E-state index contributed by atoms with van der Waals surface area (Å²) in [4.78, 5) is 3.88. The number of alkyl halides is 3. The highest BCUT2D eigenvalue weighted by Gasteiger charge is 2.32. The smallest absolute Gasteiger partial charge is 0.416 e. The Hall–Kier alpha value is -2.24.